The van der Waals surface area contributed by atoms with Crippen LogP contribution in [0.25, 0.3) is 5.57 Å². The van der Waals surface area contributed by atoms with Gasteiger partial charge < -0.3 is 5.32 Å². The highest BCUT2D eigenvalue weighted by atomic mass is 79.9. The van der Waals surface area contributed by atoms with Crippen LogP contribution >= 0.6 is 15.9 Å². The van der Waals surface area contributed by atoms with Crippen molar-refractivity contribution in [3.05, 3.63) is 99.2 Å². The minimum Gasteiger partial charge on any atom is -0.350 e. The van der Waals surface area contributed by atoms with E-state index in [-0.39, 0.29) is 17.5 Å². The lowest BCUT2D eigenvalue weighted by atomic mass is 9.97. The molecule has 0 aliphatic carbocycles. The molecule has 4 rings (SSSR count). The monoisotopic (exact) mass is 460 g/mol. The normalized spacial score (nSPS) is 13.9. The number of anilines is 2. The lowest BCUT2D eigenvalue weighted by Gasteiger charge is -2.16. The standard InChI is InChI=1S/C25H21BrN2O2/c1-15-6-4-9-20(13-15)28-24(29)22(21-11-10-16(2)12-17(21)3)23(25(28)30)27-19-8-5-7-18(26)14-19/h4-14,27H,1-3H3. The number of nitrogens with zero attached hydrogens (tertiary/aromatic N) is 1. The van der Waals surface area contributed by atoms with E-state index in [2.05, 4.69) is 21.2 Å². The quantitative estimate of drug-likeness (QED) is 0.502. The Kier molecular flexibility index (Phi) is 5.31. The molecular formula is C25H21BrN2O2. The average molecular weight is 461 g/mol. The molecule has 5 heteroatoms. The van der Waals surface area contributed by atoms with E-state index in [0.29, 0.717) is 11.3 Å². The number of nitrogens with one attached hydrogen (secondary N) is 1. The van der Waals surface area contributed by atoms with Crippen molar-refractivity contribution < 1.29 is 9.59 Å². The van der Waals surface area contributed by atoms with Crippen molar-refractivity contribution in [2.45, 2.75) is 20.8 Å². The summed E-state index contributed by atoms with van der Waals surface area (Å²) in [5, 5.41) is 3.20. The predicted molar refractivity (Wildman–Crippen MR) is 124 cm³/mol. The Bertz CT molecular complexity index is 1210. The Hall–Kier alpha value is -3.18. The maximum absolute atomic E-state index is 13.5. The maximum atomic E-state index is 13.5. The number of rotatable bonds is 4. The summed E-state index contributed by atoms with van der Waals surface area (Å²) < 4.78 is 0.883. The van der Waals surface area contributed by atoms with Crippen LogP contribution in [0.15, 0.2) is 76.9 Å². The Morgan fingerprint density at radius 3 is 2.23 bits per heavy atom. The molecule has 1 heterocycles. The highest BCUT2D eigenvalue weighted by Crippen LogP contribution is 2.35. The number of hydrogen-bond acceptors (Lipinski definition) is 3. The molecule has 2 amide bonds. The minimum absolute atomic E-state index is 0.284. The number of halogens is 1. The Balaban J connectivity index is 1.87. The van der Waals surface area contributed by atoms with Crippen molar-refractivity contribution in [1.29, 1.82) is 0 Å². The molecule has 30 heavy (non-hydrogen) atoms. The zero-order valence-electron chi connectivity index (χ0n) is 17.0. The molecule has 0 aromatic heterocycles. The van der Waals surface area contributed by atoms with Gasteiger partial charge in [0.1, 0.15) is 5.70 Å². The van der Waals surface area contributed by atoms with Gasteiger partial charge in [0.2, 0.25) is 0 Å². The van der Waals surface area contributed by atoms with E-state index in [1.807, 2.05) is 81.4 Å². The first-order valence-electron chi connectivity index (χ1n) is 9.65. The Morgan fingerprint density at radius 1 is 0.800 bits per heavy atom. The molecule has 3 aromatic carbocycles. The van der Waals surface area contributed by atoms with Gasteiger partial charge in [-0.1, -0.05) is 57.9 Å². The van der Waals surface area contributed by atoms with E-state index >= 15 is 0 Å². The van der Waals surface area contributed by atoms with Gasteiger partial charge in [-0.05, 0) is 67.8 Å². The van der Waals surface area contributed by atoms with Crippen LogP contribution in [0.2, 0.25) is 0 Å². The third-order valence-corrected chi connectivity index (χ3v) is 5.58. The molecule has 3 aromatic rings. The number of carbonyl (C=O) groups is 2. The Morgan fingerprint density at radius 2 is 1.53 bits per heavy atom. The number of hydrogen-bond donors (Lipinski definition) is 1. The van der Waals surface area contributed by atoms with Crippen LogP contribution in [-0.2, 0) is 9.59 Å². The van der Waals surface area contributed by atoms with Gasteiger partial charge in [0.25, 0.3) is 11.8 Å². The SMILES string of the molecule is Cc1cccc(N2C(=O)C(Nc3cccc(Br)c3)=C(c3ccc(C)cc3C)C2=O)c1. The van der Waals surface area contributed by atoms with Gasteiger partial charge in [0.05, 0.1) is 11.3 Å². The molecule has 0 radical (unpaired) electrons. The number of carbonyl (C=O) groups excluding carboxylic acids is 2. The summed E-state index contributed by atoms with van der Waals surface area (Å²) in [5.74, 6) is -0.685. The summed E-state index contributed by atoms with van der Waals surface area (Å²) in [6.45, 7) is 5.90. The van der Waals surface area contributed by atoms with Gasteiger partial charge in [0.15, 0.2) is 0 Å². The van der Waals surface area contributed by atoms with Gasteiger partial charge in [-0.2, -0.15) is 0 Å². The van der Waals surface area contributed by atoms with Crippen LogP contribution in [0.5, 0.6) is 0 Å². The van der Waals surface area contributed by atoms with Crippen LogP contribution in [0.1, 0.15) is 22.3 Å². The number of benzene rings is 3. The lowest BCUT2D eigenvalue weighted by molar-refractivity contribution is -0.120. The van der Waals surface area contributed by atoms with Crippen molar-refractivity contribution in [3.8, 4) is 0 Å². The molecule has 0 saturated heterocycles. The fraction of sp³-hybridized carbons (Fsp3) is 0.120. The molecule has 0 saturated carbocycles. The third kappa shape index (κ3) is 3.68. The molecule has 4 nitrogen and oxygen atoms in total. The molecule has 0 atom stereocenters. The fourth-order valence-electron chi connectivity index (χ4n) is 3.70. The highest BCUT2D eigenvalue weighted by molar-refractivity contribution is 9.10. The van der Waals surface area contributed by atoms with Crippen LogP contribution in [0.3, 0.4) is 0 Å². The summed E-state index contributed by atoms with van der Waals surface area (Å²) in [6, 6.07) is 20.8. The predicted octanol–water partition coefficient (Wildman–Crippen LogP) is 5.77. The van der Waals surface area contributed by atoms with Crippen molar-refractivity contribution in [1.82, 2.24) is 0 Å². The largest absolute Gasteiger partial charge is 0.350 e. The van der Waals surface area contributed by atoms with Crippen LogP contribution in [0, 0.1) is 20.8 Å². The van der Waals surface area contributed by atoms with Gasteiger partial charge in [0, 0.05) is 10.2 Å². The summed E-state index contributed by atoms with van der Waals surface area (Å²) in [5.41, 5.74) is 5.76. The van der Waals surface area contributed by atoms with Crippen molar-refractivity contribution in [2.24, 2.45) is 0 Å². The van der Waals surface area contributed by atoms with E-state index in [9.17, 15) is 9.59 Å². The number of amides is 2. The van der Waals surface area contributed by atoms with E-state index < -0.39 is 0 Å². The summed E-state index contributed by atoms with van der Waals surface area (Å²) >= 11 is 3.46. The summed E-state index contributed by atoms with van der Waals surface area (Å²) in [4.78, 5) is 28.2. The third-order valence-electron chi connectivity index (χ3n) is 5.09. The first-order valence-corrected chi connectivity index (χ1v) is 10.4. The molecule has 1 aliphatic heterocycles. The van der Waals surface area contributed by atoms with Crippen LogP contribution in [-0.4, -0.2) is 11.8 Å². The molecule has 0 spiro atoms. The first-order chi connectivity index (χ1) is 14.3. The molecular weight excluding hydrogens is 440 g/mol. The Labute approximate surface area is 184 Å². The van der Waals surface area contributed by atoms with Crippen LogP contribution < -0.4 is 10.2 Å². The van der Waals surface area contributed by atoms with Gasteiger partial charge in [-0.25, -0.2) is 4.90 Å². The zero-order valence-corrected chi connectivity index (χ0v) is 18.6. The molecule has 1 N–H and O–H groups in total. The van der Waals surface area contributed by atoms with E-state index in [0.717, 1.165) is 32.4 Å². The van der Waals surface area contributed by atoms with Gasteiger partial charge in [-0.3, -0.25) is 9.59 Å². The van der Waals surface area contributed by atoms with Gasteiger partial charge in [-0.15, -0.1) is 0 Å². The number of aryl methyl sites for hydroxylation is 3. The van der Waals surface area contributed by atoms with Crippen molar-refractivity contribution >= 4 is 44.7 Å². The zero-order chi connectivity index (χ0) is 21.4. The molecule has 1 aliphatic rings. The second-order valence-electron chi connectivity index (χ2n) is 7.49. The molecule has 0 fully saturated rings. The topological polar surface area (TPSA) is 49.4 Å². The fourth-order valence-corrected chi connectivity index (χ4v) is 4.10. The molecule has 0 unspecified atom stereocenters. The second-order valence-corrected chi connectivity index (χ2v) is 8.40. The van der Waals surface area contributed by atoms with E-state index in [4.69, 9.17) is 0 Å². The second kappa shape index (κ2) is 7.92. The maximum Gasteiger partial charge on any atom is 0.282 e. The van der Waals surface area contributed by atoms with Crippen molar-refractivity contribution in [2.75, 3.05) is 10.2 Å². The lowest BCUT2D eigenvalue weighted by Crippen LogP contribution is -2.32. The number of imide groups is 1. The first kappa shape index (κ1) is 20.1. The van der Waals surface area contributed by atoms with Crippen LogP contribution in [0.4, 0.5) is 11.4 Å². The summed E-state index contributed by atoms with van der Waals surface area (Å²) in [7, 11) is 0. The van der Waals surface area contributed by atoms with Gasteiger partial charge >= 0.3 is 0 Å². The van der Waals surface area contributed by atoms with Crippen molar-refractivity contribution in [3.63, 3.8) is 0 Å². The molecule has 0 bridgehead atoms. The smallest absolute Gasteiger partial charge is 0.282 e. The minimum atomic E-state index is -0.361. The highest BCUT2D eigenvalue weighted by Gasteiger charge is 2.40. The average Bonchev–Trinajstić information content (AvgIpc) is 2.92. The van der Waals surface area contributed by atoms with E-state index in [1.54, 1.807) is 6.07 Å². The summed E-state index contributed by atoms with van der Waals surface area (Å²) in [6.07, 6.45) is 0. The molecule has 150 valence electrons. The van der Waals surface area contributed by atoms with E-state index in [1.165, 1.54) is 4.90 Å².